The SMILES string of the molecule is COc1ccc2cccc(CCNC(=O)COC(=O)C(=O)OCC(=O)NCCc3cccc4ccc(OC)cc34)c2c1. The van der Waals surface area contributed by atoms with Crippen molar-refractivity contribution in [2.45, 2.75) is 12.8 Å². The lowest BCUT2D eigenvalue weighted by Crippen LogP contribution is -2.34. The topological polar surface area (TPSA) is 129 Å². The number of fused-ring (bicyclic) bond motifs is 2. The molecule has 0 saturated heterocycles. The van der Waals surface area contributed by atoms with Crippen molar-refractivity contribution in [3.63, 3.8) is 0 Å². The molecule has 2 amide bonds. The van der Waals surface area contributed by atoms with Gasteiger partial charge in [-0.05, 0) is 69.8 Å². The predicted molar refractivity (Wildman–Crippen MR) is 156 cm³/mol. The fraction of sp³-hybridized carbons (Fsp3) is 0.250. The van der Waals surface area contributed by atoms with Gasteiger partial charge in [-0.2, -0.15) is 0 Å². The molecule has 218 valence electrons. The molecule has 4 aromatic carbocycles. The van der Waals surface area contributed by atoms with Crippen LogP contribution in [-0.2, 0) is 41.5 Å². The second-order valence-corrected chi connectivity index (χ2v) is 9.36. The van der Waals surface area contributed by atoms with Gasteiger partial charge < -0.3 is 29.6 Å². The first-order valence-corrected chi connectivity index (χ1v) is 13.4. The molecule has 0 unspecified atom stereocenters. The standard InChI is InChI=1S/C32H32N2O8/c1-39-25-11-9-21-5-3-7-23(27(21)17-25)13-15-33-29(35)19-41-31(37)32(38)42-20-30(36)34-16-14-24-8-4-6-22-10-12-26(40-2)18-28(22)24/h3-12,17-18H,13-16,19-20H2,1-2H3,(H,33,35)(H,34,36). The van der Waals surface area contributed by atoms with E-state index >= 15 is 0 Å². The van der Waals surface area contributed by atoms with Gasteiger partial charge in [0.15, 0.2) is 13.2 Å². The second-order valence-electron chi connectivity index (χ2n) is 9.36. The highest BCUT2D eigenvalue weighted by molar-refractivity contribution is 6.30. The van der Waals surface area contributed by atoms with Gasteiger partial charge in [0, 0.05) is 13.1 Å². The fourth-order valence-electron chi connectivity index (χ4n) is 4.48. The zero-order valence-electron chi connectivity index (χ0n) is 23.4. The highest BCUT2D eigenvalue weighted by atomic mass is 16.6. The van der Waals surface area contributed by atoms with Crippen LogP contribution in [0, 0.1) is 0 Å². The molecule has 0 aliphatic heterocycles. The molecule has 4 rings (SSSR count). The maximum absolute atomic E-state index is 12.1. The van der Waals surface area contributed by atoms with Gasteiger partial charge >= 0.3 is 11.9 Å². The molecule has 0 heterocycles. The van der Waals surface area contributed by atoms with Gasteiger partial charge in [-0.25, -0.2) is 9.59 Å². The van der Waals surface area contributed by atoms with Crippen LogP contribution in [0.3, 0.4) is 0 Å². The number of ether oxygens (including phenoxy) is 4. The smallest absolute Gasteiger partial charge is 0.418 e. The van der Waals surface area contributed by atoms with E-state index in [2.05, 4.69) is 10.6 Å². The van der Waals surface area contributed by atoms with Gasteiger partial charge in [-0.1, -0.05) is 48.5 Å². The second kappa shape index (κ2) is 14.5. The van der Waals surface area contributed by atoms with E-state index < -0.39 is 37.0 Å². The van der Waals surface area contributed by atoms with Crippen LogP contribution in [0.25, 0.3) is 21.5 Å². The highest BCUT2D eigenvalue weighted by Gasteiger charge is 2.20. The van der Waals surface area contributed by atoms with Gasteiger partial charge in [-0.3, -0.25) is 9.59 Å². The summed E-state index contributed by atoms with van der Waals surface area (Å²) in [5.74, 6) is -2.39. The quantitative estimate of drug-likeness (QED) is 0.196. The number of methoxy groups -OCH3 is 2. The molecule has 0 atom stereocenters. The zero-order valence-corrected chi connectivity index (χ0v) is 23.4. The third kappa shape index (κ3) is 7.97. The maximum Gasteiger partial charge on any atom is 0.418 e. The number of rotatable bonds is 12. The Morgan fingerprint density at radius 1 is 0.595 bits per heavy atom. The van der Waals surface area contributed by atoms with Crippen molar-refractivity contribution in [3.8, 4) is 11.5 Å². The number of esters is 2. The van der Waals surface area contributed by atoms with Crippen LogP contribution in [0.1, 0.15) is 11.1 Å². The van der Waals surface area contributed by atoms with E-state index in [0.717, 1.165) is 44.2 Å². The number of carbonyl (C=O) groups is 4. The predicted octanol–water partition coefficient (Wildman–Crippen LogP) is 3.11. The van der Waals surface area contributed by atoms with Crippen LogP contribution in [0.15, 0.2) is 72.8 Å². The Morgan fingerprint density at radius 2 is 1.02 bits per heavy atom. The minimum atomic E-state index is -1.36. The van der Waals surface area contributed by atoms with Gasteiger partial charge in [0.2, 0.25) is 0 Å². The molecule has 0 saturated carbocycles. The normalized spacial score (nSPS) is 10.6. The van der Waals surface area contributed by atoms with Gasteiger partial charge in [-0.15, -0.1) is 0 Å². The largest absolute Gasteiger partial charge is 0.497 e. The Labute approximate surface area is 242 Å². The van der Waals surface area contributed by atoms with Crippen molar-refractivity contribution in [3.05, 3.63) is 83.9 Å². The Balaban J connectivity index is 1.14. The highest BCUT2D eigenvalue weighted by Crippen LogP contribution is 2.25. The summed E-state index contributed by atoms with van der Waals surface area (Å²) in [5.41, 5.74) is 2.03. The van der Waals surface area contributed by atoms with E-state index in [1.165, 1.54) is 0 Å². The van der Waals surface area contributed by atoms with Gasteiger partial charge in [0.05, 0.1) is 14.2 Å². The molecule has 0 aliphatic carbocycles. The lowest BCUT2D eigenvalue weighted by molar-refractivity contribution is -0.169. The van der Waals surface area contributed by atoms with E-state index in [1.54, 1.807) is 14.2 Å². The number of benzene rings is 4. The van der Waals surface area contributed by atoms with E-state index in [9.17, 15) is 19.2 Å². The molecule has 4 aromatic rings. The Hall–Kier alpha value is -5.12. The lowest BCUT2D eigenvalue weighted by atomic mass is 10.0. The van der Waals surface area contributed by atoms with Crippen LogP contribution in [0.5, 0.6) is 11.5 Å². The van der Waals surface area contributed by atoms with E-state index in [1.807, 2.05) is 72.8 Å². The van der Waals surface area contributed by atoms with Crippen molar-refractivity contribution in [1.82, 2.24) is 10.6 Å². The average molecular weight is 573 g/mol. The molecule has 10 heteroatoms. The van der Waals surface area contributed by atoms with E-state index in [4.69, 9.17) is 18.9 Å². The van der Waals surface area contributed by atoms with Crippen LogP contribution in [0.2, 0.25) is 0 Å². The maximum atomic E-state index is 12.1. The third-order valence-electron chi connectivity index (χ3n) is 6.63. The Kier molecular flexibility index (Phi) is 10.3. The summed E-state index contributed by atoms with van der Waals surface area (Å²) in [6, 6.07) is 23.3. The zero-order chi connectivity index (χ0) is 29.9. The monoisotopic (exact) mass is 572 g/mol. The van der Waals surface area contributed by atoms with E-state index in [-0.39, 0.29) is 0 Å². The molecule has 2 N–H and O–H groups in total. The minimum Gasteiger partial charge on any atom is -0.497 e. The minimum absolute atomic E-state index is 0.295. The molecule has 0 fully saturated rings. The summed E-state index contributed by atoms with van der Waals surface area (Å²) >= 11 is 0. The Bertz CT molecular complexity index is 1480. The summed E-state index contributed by atoms with van der Waals surface area (Å²) in [4.78, 5) is 48.0. The van der Waals surface area contributed by atoms with Gasteiger partial charge in [0.25, 0.3) is 11.8 Å². The third-order valence-corrected chi connectivity index (χ3v) is 6.63. The van der Waals surface area contributed by atoms with Crippen molar-refractivity contribution < 1.29 is 38.1 Å². The first-order chi connectivity index (χ1) is 20.4. The number of hydrogen-bond acceptors (Lipinski definition) is 8. The summed E-state index contributed by atoms with van der Waals surface area (Å²) in [5, 5.41) is 9.43. The molecule has 0 radical (unpaired) electrons. The molecule has 0 bridgehead atoms. The molecule has 42 heavy (non-hydrogen) atoms. The molecule has 10 nitrogen and oxygen atoms in total. The van der Waals surface area contributed by atoms with Crippen LogP contribution < -0.4 is 20.1 Å². The summed E-state index contributed by atoms with van der Waals surface area (Å²) in [6.45, 7) is -0.716. The van der Waals surface area contributed by atoms with Crippen LogP contribution in [0.4, 0.5) is 0 Å². The fourth-order valence-corrected chi connectivity index (χ4v) is 4.48. The van der Waals surface area contributed by atoms with Crippen molar-refractivity contribution in [2.75, 3.05) is 40.5 Å². The van der Waals surface area contributed by atoms with E-state index in [0.29, 0.717) is 25.9 Å². The average Bonchev–Trinajstić information content (AvgIpc) is 3.02. The first kappa shape index (κ1) is 29.9. The number of hydrogen-bond donors (Lipinski definition) is 2. The summed E-state index contributed by atoms with van der Waals surface area (Å²) in [7, 11) is 3.20. The summed E-state index contributed by atoms with van der Waals surface area (Å²) < 4.78 is 20.0. The van der Waals surface area contributed by atoms with Crippen LogP contribution in [-0.4, -0.2) is 64.3 Å². The Morgan fingerprint density at radius 3 is 1.43 bits per heavy atom. The molecule has 0 spiro atoms. The van der Waals surface area contributed by atoms with Crippen molar-refractivity contribution in [1.29, 1.82) is 0 Å². The van der Waals surface area contributed by atoms with Crippen molar-refractivity contribution in [2.24, 2.45) is 0 Å². The van der Waals surface area contributed by atoms with Crippen LogP contribution >= 0.6 is 0 Å². The summed E-state index contributed by atoms with van der Waals surface area (Å²) in [6.07, 6.45) is 1.08. The molecule has 0 aromatic heterocycles. The molecular formula is C32H32N2O8. The molecular weight excluding hydrogens is 540 g/mol. The number of carbonyl (C=O) groups excluding carboxylic acids is 4. The molecule has 0 aliphatic rings. The van der Waals surface area contributed by atoms with Gasteiger partial charge in [0.1, 0.15) is 11.5 Å². The van der Waals surface area contributed by atoms with Crippen molar-refractivity contribution >= 4 is 45.3 Å². The number of nitrogens with one attached hydrogen (secondary N) is 2. The lowest BCUT2D eigenvalue weighted by Gasteiger charge is -2.10. The number of amides is 2. The first-order valence-electron chi connectivity index (χ1n) is 13.4.